The zero-order valence-corrected chi connectivity index (χ0v) is 7.33. The Hall–Kier alpha value is 0.924. The van der Waals surface area contributed by atoms with Gasteiger partial charge in [0.05, 0.1) is 6.42 Å². The Bertz CT molecular complexity index is 86.6. The molecule has 0 spiro atoms. The van der Waals surface area contributed by atoms with E-state index in [0.29, 0.717) is 0 Å². The van der Waals surface area contributed by atoms with Gasteiger partial charge in [-0.25, -0.2) is 0 Å². The van der Waals surface area contributed by atoms with Gasteiger partial charge in [0.15, 0.2) is 0 Å². The van der Waals surface area contributed by atoms with Crippen LogP contribution in [0.1, 0.15) is 20.3 Å². The van der Waals surface area contributed by atoms with E-state index in [1.807, 2.05) is 0 Å². The molecule has 0 atom stereocenters. The minimum atomic E-state index is -0.0625. The van der Waals surface area contributed by atoms with Crippen LogP contribution in [-0.4, -0.2) is 11.6 Å². The third-order valence-corrected chi connectivity index (χ3v) is 0.498. The van der Waals surface area contributed by atoms with E-state index < -0.39 is 0 Å². The normalized spacial score (nSPS) is 7.25. The Kier molecular flexibility index (Phi) is 8.84. The van der Waals surface area contributed by atoms with Crippen molar-refractivity contribution in [2.24, 2.45) is 0 Å². The summed E-state index contributed by atoms with van der Waals surface area (Å²) in [6, 6.07) is 0. The van der Waals surface area contributed by atoms with Gasteiger partial charge in [-0.3, -0.25) is 9.59 Å². The largest absolute Gasteiger partial charge is 0.300 e. The van der Waals surface area contributed by atoms with Gasteiger partial charge in [0.25, 0.3) is 0 Å². The van der Waals surface area contributed by atoms with Gasteiger partial charge in [0.2, 0.25) is 0 Å². The molecule has 0 aromatic carbocycles. The molecule has 0 aliphatic carbocycles. The van der Waals surface area contributed by atoms with Gasteiger partial charge < -0.3 is 0 Å². The summed E-state index contributed by atoms with van der Waals surface area (Å²) < 4.78 is 0. The van der Waals surface area contributed by atoms with Crippen molar-refractivity contribution in [3.8, 4) is 0 Å². The molecular weight excluding hydrogens is 244 g/mol. The number of ketones is 2. The van der Waals surface area contributed by atoms with Gasteiger partial charge in [-0.15, -0.1) is 0 Å². The molecular formula is C5H8EuO2. The fourth-order valence-electron chi connectivity index (χ4n) is 0.351. The molecule has 8 heavy (non-hydrogen) atoms. The molecule has 0 N–H and O–H groups in total. The maximum atomic E-state index is 10.0. The summed E-state index contributed by atoms with van der Waals surface area (Å²) in [7, 11) is 0. The van der Waals surface area contributed by atoms with E-state index in [-0.39, 0.29) is 67.4 Å². The minimum Gasteiger partial charge on any atom is -0.300 e. The number of Topliss-reactive ketones (excluding diaryl/α,β-unsaturated/α-hetero) is 2. The smallest absolute Gasteiger partial charge is 0.137 e. The van der Waals surface area contributed by atoms with Crippen LogP contribution in [0.25, 0.3) is 0 Å². The second-order valence-corrected chi connectivity index (χ2v) is 1.58. The van der Waals surface area contributed by atoms with Gasteiger partial charge in [-0.05, 0) is 13.8 Å². The van der Waals surface area contributed by atoms with E-state index in [4.69, 9.17) is 0 Å². The molecule has 0 fully saturated rings. The molecule has 0 rings (SSSR count). The maximum Gasteiger partial charge on any atom is 0.137 e. The van der Waals surface area contributed by atoms with E-state index >= 15 is 0 Å². The Morgan fingerprint density at radius 1 is 1.12 bits per heavy atom. The second kappa shape index (κ2) is 6.05. The van der Waals surface area contributed by atoms with E-state index in [0.717, 1.165) is 0 Å². The molecule has 0 amide bonds. The Morgan fingerprint density at radius 2 is 1.38 bits per heavy atom. The molecule has 0 aliphatic rings. The fraction of sp³-hybridized carbons (Fsp3) is 0.600. The minimum absolute atomic E-state index is 0. The molecule has 0 aromatic heterocycles. The van der Waals surface area contributed by atoms with Crippen molar-refractivity contribution in [2.75, 3.05) is 0 Å². The molecule has 0 saturated heterocycles. The molecule has 3 heteroatoms. The van der Waals surface area contributed by atoms with Crippen molar-refractivity contribution in [1.82, 2.24) is 0 Å². The molecule has 0 aliphatic heterocycles. The van der Waals surface area contributed by atoms with Crippen molar-refractivity contribution in [3.05, 3.63) is 0 Å². The monoisotopic (exact) mass is 253 g/mol. The molecule has 2 nitrogen and oxygen atoms in total. The van der Waals surface area contributed by atoms with Gasteiger partial charge in [0, 0.05) is 49.4 Å². The van der Waals surface area contributed by atoms with Crippen LogP contribution in [0.3, 0.4) is 0 Å². The van der Waals surface area contributed by atoms with Gasteiger partial charge >= 0.3 is 0 Å². The SMILES string of the molecule is CC(=O)CC(C)=O.[Eu]. The van der Waals surface area contributed by atoms with Crippen LogP contribution in [0.5, 0.6) is 0 Å². The Morgan fingerprint density at radius 3 is 1.38 bits per heavy atom. The first kappa shape index (κ1) is 11.7. The Balaban J connectivity index is 0. The molecule has 0 saturated carbocycles. The Labute approximate surface area is 89.6 Å². The van der Waals surface area contributed by atoms with Crippen molar-refractivity contribution in [3.63, 3.8) is 0 Å². The number of hydrogen-bond acceptors (Lipinski definition) is 2. The zero-order valence-electron chi connectivity index (χ0n) is 4.90. The van der Waals surface area contributed by atoms with Crippen LogP contribution < -0.4 is 0 Å². The number of rotatable bonds is 2. The molecule has 0 unspecified atom stereocenters. The first-order valence-corrected chi connectivity index (χ1v) is 2.12. The second-order valence-electron chi connectivity index (χ2n) is 1.58. The van der Waals surface area contributed by atoms with Crippen LogP contribution in [0.15, 0.2) is 0 Å². The summed E-state index contributed by atoms with van der Waals surface area (Å²) in [5.74, 6) is -0.125. The van der Waals surface area contributed by atoms with Gasteiger partial charge in [-0.2, -0.15) is 0 Å². The van der Waals surface area contributed by atoms with Crippen molar-refractivity contribution >= 4 is 11.6 Å². The van der Waals surface area contributed by atoms with Gasteiger partial charge in [0.1, 0.15) is 11.6 Å². The summed E-state index contributed by atoms with van der Waals surface area (Å²) >= 11 is 0. The fourth-order valence-corrected chi connectivity index (χ4v) is 0.351. The van der Waals surface area contributed by atoms with Crippen molar-refractivity contribution in [1.29, 1.82) is 0 Å². The van der Waals surface area contributed by atoms with Gasteiger partial charge in [-0.1, -0.05) is 0 Å². The van der Waals surface area contributed by atoms with E-state index in [1.54, 1.807) is 0 Å². The predicted octanol–water partition coefficient (Wildman–Crippen LogP) is 0.554. The third-order valence-electron chi connectivity index (χ3n) is 0.498. The number of carbonyl (C=O) groups is 2. The summed E-state index contributed by atoms with van der Waals surface area (Å²) in [6.07, 6.45) is 0.0833. The summed E-state index contributed by atoms with van der Waals surface area (Å²) in [5.41, 5.74) is 0. The quantitative estimate of drug-likeness (QED) is 0.673. The van der Waals surface area contributed by atoms with Crippen LogP contribution in [0.2, 0.25) is 0 Å². The summed E-state index contributed by atoms with van der Waals surface area (Å²) in [4.78, 5) is 20.1. The molecule has 0 aromatic rings. The maximum absolute atomic E-state index is 10.0. The summed E-state index contributed by atoms with van der Waals surface area (Å²) in [5, 5.41) is 0. The molecule has 0 bridgehead atoms. The van der Waals surface area contributed by atoms with E-state index in [1.165, 1.54) is 13.8 Å². The topological polar surface area (TPSA) is 34.1 Å². The predicted molar refractivity (Wildman–Crippen MR) is 26.0 cm³/mol. The number of hydrogen-bond donors (Lipinski definition) is 0. The molecule has 0 heterocycles. The van der Waals surface area contributed by atoms with Crippen molar-refractivity contribution < 1.29 is 59.0 Å². The first-order chi connectivity index (χ1) is 3.13. The summed E-state index contributed by atoms with van der Waals surface area (Å²) in [6.45, 7) is 2.81. The zero-order chi connectivity index (χ0) is 5.86. The van der Waals surface area contributed by atoms with E-state index in [9.17, 15) is 9.59 Å². The molecule has 47 valence electrons. The van der Waals surface area contributed by atoms with Crippen LogP contribution in [0.4, 0.5) is 0 Å². The third kappa shape index (κ3) is 10.0. The van der Waals surface area contributed by atoms with Crippen LogP contribution >= 0.6 is 0 Å². The first-order valence-electron chi connectivity index (χ1n) is 2.12. The van der Waals surface area contributed by atoms with E-state index in [2.05, 4.69) is 0 Å². The van der Waals surface area contributed by atoms with Crippen LogP contribution in [-0.2, 0) is 9.59 Å². The molecule has 1 radical (unpaired) electrons. The average molecular weight is 252 g/mol. The van der Waals surface area contributed by atoms with Crippen molar-refractivity contribution in [2.45, 2.75) is 20.3 Å². The average Bonchev–Trinajstić information content (AvgIpc) is 1.27. The standard InChI is InChI=1S/C5H8O2.Eu/c1-4(6)3-5(2)7;/h3H2,1-2H3;. The van der Waals surface area contributed by atoms with Crippen LogP contribution in [0, 0.1) is 49.4 Å². The number of carbonyl (C=O) groups excluding carboxylic acids is 2.